The van der Waals surface area contributed by atoms with E-state index in [1.54, 1.807) is 0 Å². The van der Waals surface area contributed by atoms with Crippen LogP contribution in [0.15, 0.2) is 18.2 Å². The molecule has 0 saturated heterocycles. The van der Waals surface area contributed by atoms with Crippen LogP contribution >= 0.6 is 11.6 Å². The zero-order chi connectivity index (χ0) is 10.1. The van der Waals surface area contributed by atoms with Gasteiger partial charge in [0, 0.05) is 11.1 Å². The molecule has 2 heteroatoms. The molecule has 1 aliphatic carbocycles. The Morgan fingerprint density at radius 1 is 1.43 bits per heavy atom. The Morgan fingerprint density at radius 3 is 2.64 bits per heavy atom. The minimum atomic E-state index is 0.447. The third-order valence-electron chi connectivity index (χ3n) is 2.90. The molecule has 1 nitrogen and oxygen atoms in total. The number of nitrogens with one attached hydrogen (secondary N) is 1. The topological polar surface area (TPSA) is 12.0 Å². The van der Waals surface area contributed by atoms with Gasteiger partial charge in [0.2, 0.25) is 0 Å². The van der Waals surface area contributed by atoms with Gasteiger partial charge >= 0.3 is 0 Å². The molecule has 76 valence electrons. The van der Waals surface area contributed by atoms with Gasteiger partial charge in [0.15, 0.2) is 0 Å². The van der Waals surface area contributed by atoms with Gasteiger partial charge in [-0.3, -0.25) is 0 Å². The molecule has 1 aromatic carbocycles. The molecular formula is C12H16ClN. The number of benzene rings is 1. The number of aryl methyl sites for hydroxylation is 1. The molecule has 0 aliphatic heterocycles. The van der Waals surface area contributed by atoms with Crippen LogP contribution in [-0.2, 0) is 0 Å². The van der Waals surface area contributed by atoms with Gasteiger partial charge in [0.1, 0.15) is 0 Å². The van der Waals surface area contributed by atoms with Gasteiger partial charge in [0.05, 0.1) is 0 Å². The molecule has 1 atom stereocenters. The SMILES string of the molecule is CNC(c1ccc(C)cc1Cl)C1CC1. The van der Waals surface area contributed by atoms with Crippen molar-refractivity contribution >= 4 is 11.6 Å². The van der Waals surface area contributed by atoms with E-state index in [4.69, 9.17) is 11.6 Å². The van der Waals surface area contributed by atoms with Gasteiger partial charge in [-0.1, -0.05) is 23.7 Å². The van der Waals surface area contributed by atoms with Crippen molar-refractivity contribution in [3.05, 3.63) is 34.3 Å². The predicted molar refractivity (Wildman–Crippen MR) is 60.7 cm³/mol. The standard InChI is InChI=1S/C12H16ClN/c1-8-3-6-10(11(13)7-8)12(14-2)9-4-5-9/h3,6-7,9,12,14H,4-5H2,1-2H3. The van der Waals surface area contributed by atoms with Crippen molar-refractivity contribution in [2.75, 3.05) is 7.05 Å². The third kappa shape index (κ3) is 1.94. The number of halogens is 1. The van der Waals surface area contributed by atoms with Gasteiger partial charge in [-0.2, -0.15) is 0 Å². The van der Waals surface area contributed by atoms with Crippen molar-refractivity contribution in [3.8, 4) is 0 Å². The van der Waals surface area contributed by atoms with Crippen LogP contribution in [0.25, 0.3) is 0 Å². The quantitative estimate of drug-likeness (QED) is 0.806. The highest BCUT2D eigenvalue weighted by Crippen LogP contribution is 2.42. The Morgan fingerprint density at radius 2 is 2.14 bits per heavy atom. The van der Waals surface area contributed by atoms with Crippen LogP contribution in [0.2, 0.25) is 5.02 Å². The molecule has 1 N–H and O–H groups in total. The molecule has 0 amide bonds. The molecule has 1 saturated carbocycles. The van der Waals surface area contributed by atoms with Crippen molar-refractivity contribution in [2.45, 2.75) is 25.8 Å². The van der Waals surface area contributed by atoms with Crippen LogP contribution in [0.4, 0.5) is 0 Å². The largest absolute Gasteiger partial charge is 0.313 e. The highest BCUT2D eigenvalue weighted by Gasteiger charge is 2.32. The summed E-state index contributed by atoms with van der Waals surface area (Å²) in [5, 5.41) is 4.26. The molecule has 0 radical (unpaired) electrons. The lowest BCUT2D eigenvalue weighted by molar-refractivity contribution is 0.529. The minimum Gasteiger partial charge on any atom is -0.313 e. The summed E-state index contributed by atoms with van der Waals surface area (Å²) in [4.78, 5) is 0. The third-order valence-corrected chi connectivity index (χ3v) is 3.22. The maximum Gasteiger partial charge on any atom is 0.0456 e. The van der Waals surface area contributed by atoms with E-state index >= 15 is 0 Å². The van der Waals surface area contributed by atoms with Crippen LogP contribution in [-0.4, -0.2) is 7.05 Å². The van der Waals surface area contributed by atoms with Crippen LogP contribution < -0.4 is 5.32 Å². The highest BCUT2D eigenvalue weighted by molar-refractivity contribution is 6.31. The van der Waals surface area contributed by atoms with E-state index in [-0.39, 0.29) is 0 Å². The van der Waals surface area contributed by atoms with Crippen LogP contribution in [0.3, 0.4) is 0 Å². The van der Waals surface area contributed by atoms with Crippen molar-refractivity contribution in [1.82, 2.24) is 5.32 Å². The molecule has 1 unspecified atom stereocenters. The molecule has 1 aromatic rings. The van der Waals surface area contributed by atoms with Crippen molar-refractivity contribution in [2.24, 2.45) is 5.92 Å². The van der Waals surface area contributed by atoms with Gasteiger partial charge in [0.25, 0.3) is 0 Å². The molecule has 14 heavy (non-hydrogen) atoms. The summed E-state index contributed by atoms with van der Waals surface area (Å²) in [6, 6.07) is 6.78. The number of hydrogen-bond donors (Lipinski definition) is 1. The first kappa shape index (κ1) is 10.0. The molecule has 0 bridgehead atoms. The Balaban J connectivity index is 2.29. The van der Waals surface area contributed by atoms with Gasteiger partial charge < -0.3 is 5.32 Å². The van der Waals surface area contributed by atoms with Crippen LogP contribution in [0.5, 0.6) is 0 Å². The summed E-state index contributed by atoms with van der Waals surface area (Å²) in [5.74, 6) is 0.792. The molecule has 0 aromatic heterocycles. The summed E-state index contributed by atoms with van der Waals surface area (Å²) in [6.45, 7) is 2.07. The molecule has 0 spiro atoms. The fraction of sp³-hybridized carbons (Fsp3) is 0.500. The lowest BCUT2D eigenvalue weighted by atomic mass is 10.0. The second-order valence-corrected chi connectivity index (χ2v) is 4.54. The molecule has 1 fully saturated rings. The Bertz CT molecular complexity index is 331. The molecule has 1 aliphatic rings. The van der Waals surface area contributed by atoms with E-state index < -0.39 is 0 Å². The van der Waals surface area contributed by atoms with Crippen LogP contribution in [0.1, 0.15) is 30.0 Å². The fourth-order valence-corrected chi connectivity index (χ4v) is 2.31. The van der Waals surface area contributed by atoms with E-state index in [1.165, 1.54) is 24.0 Å². The zero-order valence-electron chi connectivity index (χ0n) is 8.68. The highest BCUT2D eigenvalue weighted by atomic mass is 35.5. The lowest BCUT2D eigenvalue weighted by Gasteiger charge is -2.17. The fourth-order valence-electron chi connectivity index (χ4n) is 1.96. The van der Waals surface area contributed by atoms with E-state index in [1.807, 2.05) is 13.1 Å². The molecular weight excluding hydrogens is 194 g/mol. The zero-order valence-corrected chi connectivity index (χ0v) is 9.43. The Labute approximate surface area is 90.5 Å². The minimum absolute atomic E-state index is 0.447. The normalized spacial score (nSPS) is 18.2. The van der Waals surface area contributed by atoms with E-state index in [0.717, 1.165) is 10.9 Å². The maximum absolute atomic E-state index is 6.23. The monoisotopic (exact) mass is 209 g/mol. The molecule has 2 rings (SSSR count). The van der Waals surface area contributed by atoms with Gasteiger partial charge in [-0.15, -0.1) is 0 Å². The average molecular weight is 210 g/mol. The van der Waals surface area contributed by atoms with E-state index in [0.29, 0.717) is 6.04 Å². The summed E-state index contributed by atoms with van der Waals surface area (Å²) >= 11 is 6.23. The average Bonchev–Trinajstić information content (AvgIpc) is 2.93. The summed E-state index contributed by atoms with van der Waals surface area (Å²) in [5.41, 5.74) is 2.48. The molecule has 0 heterocycles. The first-order valence-electron chi connectivity index (χ1n) is 5.15. The number of hydrogen-bond acceptors (Lipinski definition) is 1. The number of rotatable bonds is 3. The second kappa shape index (κ2) is 3.92. The van der Waals surface area contributed by atoms with E-state index in [2.05, 4.69) is 24.4 Å². The summed E-state index contributed by atoms with van der Waals surface area (Å²) in [6.07, 6.45) is 2.66. The Kier molecular flexibility index (Phi) is 2.80. The Hall–Kier alpha value is -0.530. The lowest BCUT2D eigenvalue weighted by Crippen LogP contribution is -2.18. The van der Waals surface area contributed by atoms with Crippen molar-refractivity contribution in [3.63, 3.8) is 0 Å². The van der Waals surface area contributed by atoms with Crippen molar-refractivity contribution in [1.29, 1.82) is 0 Å². The first-order chi connectivity index (χ1) is 6.72. The van der Waals surface area contributed by atoms with Crippen LogP contribution in [0, 0.1) is 12.8 Å². The van der Waals surface area contributed by atoms with Gasteiger partial charge in [-0.25, -0.2) is 0 Å². The summed E-state index contributed by atoms with van der Waals surface area (Å²) < 4.78 is 0. The second-order valence-electron chi connectivity index (χ2n) is 4.13. The smallest absolute Gasteiger partial charge is 0.0456 e. The maximum atomic E-state index is 6.23. The summed E-state index contributed by atoms with van der Waals surface area (Å²) in [7, 11) is 2.01. The predicted octanol–water partition coefficient (Wildman–Crippen LogP) is 3.32. The van der Waals surface area contributed by atoms with E-state index in [9.17, 15) is 0 Å². The first-order valence-corrected chi connectivity index (χ1v) is 5.53. The van der Waals surface area contributed by atoms with Crippen molar-refractivity contribution < 1.29 is 0 Å². The van der Waals surface area contributed by atoms with Gasteiger partial charge in [-0.05, 0) is 49.9 Å².